The fourth-order valence-electron chi connectivity index (χ4n) is 2.00. The SMILES string of the molecule is Cc1ccc(CC(=O)NC2CC(C(=O)O)C2)cn1. The number of carbonyl (C=O) groups is 2. The molecule has 1 aliphatic rings. The summed E-state index contributed by atoms with van der Waals surface area (Å²) in [5.74, 6) is -1.14. The molecule has 2 N–H and O–H groups in total. The molecule has 0 spiro atoms. The Morgan fingerprint density at radius 3 is 2.72 bits per heavy atom. The molecule has 1 fully saturated rings. The molecule has 0 aliphatic heterocycles. The minimum absolute atomic E-state index is 0.0111. The number of nitrogens with zero attached hydrogens (tertiary/aromatic N) is 1. The van der Waals surface area contributed by atoms with E-state index >= 15 is 0 Å². The second kappa shape index (κ2) is 5.16. The summed E-state index contributed by atoms with van der Waals surface area (Å²) in [6.45, 7) is 1.89. The van der Waals surface area contributed by atoms with E-state index in [2.05, 4.69) is 10.3 Å². The van der Waals surface area contributed by atoms with Crippen molar-refractivity contribution in [2.24, 2.45) is 5.92 Å². The fraction of sp³-hybridized carbons (Fsp3) is 0.462. The van der Waals surface area contributed by atoms with Crippen molar-refractivity contribution in [2.45, 2.75) is 32.2 Å². The van der Waals surface area contributed by atoms with Gasteiger partial charge in [-0.2, -0.15) is 0 Å². The second-order valence-electron chi connectivity index (χ2n) is 4.76. The Kier molecular flexibility index (Phi) is 3.60. The first-order valence-corrected chi connectivity index (χ1v) is 5.98. The van der Waals surface area contributed by atoms with Crippen LogP contribution in [0, 0.1) is 12.8 Å². The van der Waals surface area contributed by atoms with Crippen LogP contribution in [0.25, 0.3) is 0 Å². The van der Waals surface area contributed by atoms with Crippen LogP contribution < -0.4 is 5.32 Å². The summed E-state index contributed by atoms with van der Waals surface area (Å²) < 4.78 is 0. The Morgan fingerprint density at radius 2 is 2.17 bits per heavy atom. The molecule has 0 unspecified atom stereocenters. The maximum absolute atomic E-state index is 11.7. The number of rotatable bonds is 4. The number of carboxylic acid groups (broad SMARTS) is 1. The molecule has 0 radical (unpaired) electrons. The first-order valence-electron chi connectivity index (χ1n) is 5.98. The van der Waals surface area contributed by atoms with E-state index < -0.39 is 5.97 Å². The van der Waals surface area contributed by atoms with E-state index in [-0.39, 0.29) is 17.9 Å². The molecular formula is C13H16N2O3. The molecule has 0 atom stereocenters. The van der Waals surface area contributed by atoms with Gasteiger partial charge in [0.15, 0.2) is 0 Å². The molecule has 1 aromatic heterocycles. The van der Waals surface area contributed by atoms with Gasteiger partial charge < -0.3 is 10.4 Å². The quantitative estimate of drug-likeness (QED) is 0.830. The molecule has 18 heavy (non-hydrogen) atoms. The lowest BCUT2D eigenvalue weighted by Crippen LogP contribution is -2.47. The van der Waals surface area contributed by atoms with Crippen LogP contribution in [0.4, 0.5) is 0 Å². The Bertz CT molecular complexity index is 450. The lowest BCUT2D eigenvalue weighted by molar-refractivity contribution is -0.146. The maximum Gasteiger partial charge on any atom is 0.306 e. The van der Waals surface area contributed by atoms with Crippen molar-refractivity contribution in [1.82, 2.24) is 10.3 Å². The van der Waals surface area contributed by atoms with Gasteiger partial charge in [0.05, 0.1) is 12.3 Å². The molecule has 2 rings (SSSR count). The Labute approximate surface area is 105 Å². The smallest absolute Gasteiger partial charge is 0.306 e. The van der Waals surface area contributed by atoms with Crippen molar-refractivity contribution in [3.05, 3.63) is 29.6 Å². The van der Waals surface area contributed by atoms with Crippen LogP contribution in [-0.4, -0.2) is 28.0 Å². The minimum atomic E-state index is -0.775. The highest BCUT2D eigenvalue weighted by Gasteiger charge is 2.35. The maximum atomic E-state index is 11.7. The van der Waals surface area contributed by atoms with E-state index in [9.17, 15) is 9.59 Å². The predicted octanol–water partition coefficient (Wildman–Crippen LogP) is 0.912. The minimum Gasteiger partial charge on any atom is -0.481 e. The first-order chi connectivity index (χ1) is 8.54. The van der Waals surface area contributed by atoms with Gasteiger partial charge in [-0.05, 0) is 31.4 Å². The zero-order valence-electron chi connectivity index (χ0n) is 10.2. The van der Waals surface area contributed by atoms with Crippen molar-refractivity contribution in [3.63, 3.8) is 0 Å². The van der Waals surface area contributed by atoms with E-state index in [4.69, 9.17) is 5.11 Å². The van der Waals surface area contributed by atoms with Gasteiger partial charge in [0.25, 0.3) is 0 Å². The summed E-state index contributed by atoms with van der Waals surface area (Å²) >= 11 is 0. The highest BCUT2D eigenvalue weighted by molar-refractivity contribution is 5.79. The molecule has 1 aliphatic carbocycles. The number of carbonyl (C=O) groups excluding carboxylic acids is 1. The Hall–Kier alpha value is -1.91. The molecule has 0 bridgehead atoms. The molecular weight excluding hydrogens is 232 g/mol. The van der Waals surface area contributed by atoms with Gasteiger partial charge in [0, 0.05) is 17.9 Å². The average molecular weight is 248 g/mol. The van der Waals surface area contributed by atoms with Crippen LogP contribution in [0.1, 0.15) is 24.1 Å². The van der Waals surface area contributed by atoms with Crippen LogP contribution in [-0.2, 0) is 16.0 Å². The molecule has 96 valence electrons. The van der Waals surface area contributed by atoms with E-state index in [0.29, 0.717) is 19.3 Å². The second-order valence-corrected chi connectivity index (χ2v) is 4.76. The number of hydrogen-bond donors (Lipinski definition) is 2. The fourth-order valence-corrected chi connectivity index (χ4v) is 2.00. The lowest BCUT2D eigenvalue weighted by Gasteiger charge is -2.32. The topological polar surface area (TPSA) is 79.3 Å². The summed E-state index contributed by atoms with van der Waals surface area (Å²) in [7, 11) is 0. The molecule has 5 heteroatoms. The van der Waals surface area contributed by atoms with Gasteiger partial charge in [-0.15, -0.1) is 0 Å². The van der Waals surface area contributed by atoms with E-state index in [0.717, 1.165) is 11.3 Å². The summed E-state index contributed by atoms with van der Waals surface area (Å²) in [6, 6.07) is 3.76. The number of aliphatic carboxylic acids is 1. The summed E-state index contributed by atoms with van der Waals surface area (Å²) in [6.07, 6.45) is 3.05. The van der Waals surface area contributed by atoms with E-state index in [1.54, 1.807) is 6.20 Å². The van der Waals surface area contributed by atoms with Crippen LogP contribution >= 0.6 is 0 Å². The van der Waals surface area contributed by atoms with E-state index in [1.165, 1.54) is 0 Å². The highest BCUT2D eigenvalue weighted by Crippen LogP contribution is 2.27. The molecule has 0 saturated heterocycles. The van der Waals surface area contributed by atoms with Gasteiger partial charge in [-0.1, -0.05) is 6.07 Å². The molecule has 1 heterocycles. The number of aryl methyl sites for hydroxylation is 1. The van der Waals surface area contributed by atoms with Crippen LogP contribution in [0.5, 0.6) is 0 Å². The van der Waals surface area contributed by atoms with Gasteiger partial charge in [0.2, 0.25) is 5.91 Å². The third kappa shape index (κ3) is 3.06. The first kappa shape index (κ1) is 12.5. The number of carboxylic acids is 1. The normalized spacial score (nSPS) is 22.1. The predicted molar refractivity (Wildman–Crippen MR) is 65.0 cm³/mol. The van der Waals surface area contributed by atoms with Gasteiger partial charge in [-0.25, -0.2) is 0 Å². The third-order valence-electron chi connectivity index (χ3n) is 3.19. The number of hydrogen-bond acceptors (Lipinski definition) is 3. The van der Waals surface area contributed by atoms with Crippen LogP contribution in [0.3, 0.4) is 0 Å². The Morgan fingerprint density at radius 1 is 1.44 bits per heavy atom. The largest absolute Gasteiger partial charge is 0.481 e. The average Bonchev–Trinajstić information content (AvgIpc) is 2.25. The number of amides is 1. The van der Waals surface area contributed by atoms with Gasteiger partial charge >= 0.3 is 5.97 Å². The third-order valence-corrected chi connectivity index (χ3v) is 3.19. The monoisotopic (exact) mass is 248 g/mol. The van der Waals surface area contributed by atoms with Crippen molar-refractivity contribution in [2.75, 3.05) is 0 Å². The number of aromatic nitrogens is 1. The molecule has 5 nitrogen and oxygen atoms in total. The summed E-state index contributed by atoms with van der Waals surface area (Å²) in [5.41, 5.74) is 1.79. The zero-order valence-corrected chi connectivity index (χ0v) is 10.2. The molecule has 1 aromatic rings. The summed E-state index contributed by atoms with van der Waals surface area (Å²) in [5, 5.41) is 11.6. The Balaban J connectivity index is 1.76. The van der Waals surface area contributed by atoms with Gasteiger partial charge in [-0.3, -0.25) is 14.6 Å². The molecule has 1 saturated carbocycles. The van der Waals surface area contributed by atoms with Crippen molar-refractivity contribution < 1.29 is 14.7 Å². The lowest BCUT2D eigenvalue weighted by atomic mass is 9.80. The van der Waals surface area contributed by atoms with Crippen LogP contribution in [0.15, 0.2) is 18.3 Å². The van der Waals surface area contributed by atoms with Crippen molar-refractivity contribution in [1.29, 1.82) is 0 Å². The molecule has 1 amide bonds. The molecule has 0 aromatic carbocycles. The zero-order chi connectivity index (χ0) is 13.1. The van der Waals surface area contributed by atoms with Crippen molar-refractivity contribution >= 4 is 11.9 Å². The van der Waals surface area contributed by atoms with Crippen molar-refractivity contribution in [3.8, 4) is 0 Å². The summed E-state index contributed by atoms with van der Waals surface area (Å²) in [4.78, 5) is 26.4. The highest BCUT2D eigenvalue weighted by atomic mass is 16.4. The van der Waals surface area contributed by atoms with Crippen LogP contribution in [0.2, 0.25) is 0 Å². The number of pyridine rings is 1. The van der Waals surface area contributed by atoms with Gasteiger partial charge in [0.1, 0.15) is 0 Å². The standard InChI is InChI=1S/C13H16N2O3/c1-8-2-3-9(7-14-8)4-12(16)15-11-5-10(6-11)13(17)18/h2-3,7,10-11H,4-6H2,1H3,(H,15,16)(H,17,18). The van der Waals surface area contributed by atoms with E-state index in [1.807, 2.05) is 19.1 Å². The number of nitrogens with one attached hydrogen (secondary N) is 1.